The smallest absolute Gasteiger partial charge is 0.310 e. The number of aromatic nitrogens is 1. The lowest BCUT2D eigenvalue weighted by Crippen LogP contribution is -2.41. The molecule has 5 aromatic rings. The molecular weight excluding hydrogens is 530 g/mol. The van der Waals surface area contributed by atoms with Crippen LogP contribution in [0.5, 0.6) is 0 Å². The van der Waals surface area contributed by atoms with Crippen molar-refractivity contribution in [2.24, 2.45) is 5.92 Å². The molecule has 2 N–H and O–H groups in total. The number of likely N-dealkylation sites (tertiary alicyclic amines) is 1. The van der Waals surface area contributed by atoms with Crippen molar-refractivity contribution < 1.29 is 13.9 Å². The first kappa shape index (κ1) is 28.0. The first-order valence-electron chi connectivity index (χ1n) is 14.8. The highest BCUT2D eigenvalue weighted by Crippen LogP contribution is 2.33. The third kappa shape index (κ3) is 5.04. The summed E-state index contributed by atoms with van der Waals surface area (Å²) in [5.41, 5.74) is 3.66. The van der Waals surface area contributed by atoms with Gasteiger partial charge in [0.05, 0.1) is 40.0 Å². The van der Waals surface area contributed by atoms with Crippen molar-refractivity contribution in [1.29, 1.82) is 0 Å². The zero-order valence-electron chi connectivity index (χ0n) is 24.6. The second-order valence-corrected chi connectivity index (χ2v) is 12.3. The molecule has 8 heteroatoms. The number of carbonyl (C=O) groups excluding carboxylic acids is 1. The van der Waals surface area contributed by atoms with Crippen molar-refractivity contribution in [2.75, 3.05) is 38.1 Å². The number of esters is 1. The summed E-state index contributed by atoms with van der Waals surface area (Å²) in [4.78, 5) is 45.8. The number of hydrogen-bond donors (Lipinski definition) is 2. The Bertz CT molecular complexity index is 1950. The summed E-state index contributed by atoms with van der Waals surface area (Å²) >= 11 is 0. The Balaban J connectivity index is 1.44. The maximum Gasteiger partial charge on any atom is 0.310 e. The molecule has 42 heavy (non-hydrogen) atoms. The SMILES string of the molecule is CCOC(=O)C1CCCN(CCNc2cc3oc4cc(C(C)(C)C)ccc4[nH]c3c3c(=O)c4ccccc4c(=O)c23)C1. The average molecular weight is 568 g/mol. The minimum absolute atomic E-state index is 0.0614. The zero-order chi connectivity index (χ0) is 29.6. The summed E-state index contributed by atoms with van der Waals surface area (Å²) in [6, 6.07) is 14.8. The summed E-state index contributed by atoms with van der Waals surface area (Å²) < 4.78 is 11.7. The van der Waals surface area contributed by atoms with Gasteiger partial charge in [0.15, 0.2) is 22.0 Å². The Kier molecular flexibility index (Phi) is 7.27. The number of fused-ring (bicyclic) bond motifs is 5. The fraction of sp³-hybridized carbons (Fsp3) is 0.382. The van der Waals surface area contributed by atoms with Gasteiger partial charge in [0.25, 0.3) is 0 Å². The number of H-pyrrole nitrogens is 1. The van der Waals surface area contributed by atoms with Crippen LogP contribution in [0.4, 0.5) is 5.69 Å². The first-order valence-corrected chi connectivity index (χ1v) is 14.8. The van der Waals surface area contributed by atoms with E-state index < -0.39 is 0 Å². The van der Waals surface area contributed by atoms with Gasteiger partial charge in [-0.2, -0.15) is 0 Å². The topological polar surface area (TPSA) is 105 Å². The van der Waals surface area contributed by atoms with Crippen LogP contribution in [0.15, 0.2) is 62.5 Å². The van der Waals surface area contributed by atoms with Gasteiger partial charge < -0.3 is 24.4 Å². The minimum atomic E-state index is -0.209. The van der Waals surface area contributed by atoms with Crippen LogP contribution in [0.2, 0.25) is 0 Å². The number of anilines is 1. The number of nitrogens with one attached hydrogen (secondary N) is 2. The van der Waals surface area contributed by atoms with Gasteiger partial charge in [0.2, 0.25) is 0 Å². The number of rotatable bonds is 6. The molecule has 8 nitrogen and oxygen atoms in total. The zero-order valence-corrected chi connectivity index (χ0v) is 24.6. The Morgan fingerprint density at radius 3 is 2.50 bits per heavy atom. The van der Waals surface area contributed by atoms with E-state index >= 15 is 0 Å². The second-order valence-electron chi connectivity index (χ2n) is 12.3. The highest BCUT2D eigenvalue weighted by Gasteiger charge is 2.27. The van der Waals surface area contributed by atoms with Crippen LogP contribution in [-0.4, -0.2) is 48.6 Å². The molecule has 0 spiro atoms. The molecule has 1 saturated heterocycles. The molecule has 1 aromatic heterocycles. The van der Waals surface area contributed by atoms with Crippen molar-refractivity contribution in [3.05, 3.63) is 74.5 Å². The second kappa shape index (κ2) is 10.9. The maximum atomic E-state index is 13.9. The molecule has 4 aromatic carbocycles. The largest absolute Gasteiger partial charge is 0.466 e. The van der Waals surface area contributed by atoms with Crippen LogP contribution in [0.25, 0.3) is 43.7 Å². The van der Waals surface area contributed by atoms with E-state index in [4.69, 9.17) is 9.15 Å². The molecule has 0 radical (unpaired) electrons. The van der Waals surface area contributed by atoms with Gasteiger partial charge in [-0.15, -0.1) is 0 Å². The van der Waals surface area contributed by atoms with E-state index in [2.05, 4.69) is 42.0 Å². The summed E-state index contributed by atoms with van der Waals surface area (Å²) in [6.45, 7) is 11.4. The van der Waals surface area contributed by atoms with E-state index in [9.17, 15) is 14.4 Å². The van der Waals surface area contributed by atoms with E-state index in [-0.39, 0.29) is 28.2 Å². The molecule has 218 valence electrons. The van der Waals surface area contributed by atoms with E-state index in [1.54, 1.807) is 24.3 Å². The Morgan fingerprint density at radius 2 is 1.79 bits per heavy atom. The van der Waals surface area contributed by atoms with Crippen molar-refractivity contribution >= 4 is 55.4 Å². The van der Waals surface area contributed by atoms with Crippen molar-refractivity contribution in [3.63, 3.8) is 0 Å². The number of piperidine rings is 1. The van der Waals surface area contributed by atoms with Crippen LogP contribution < -0.4 is 16.2 Å². The average Bonchev–Trinajstić information content (AvgIpc) is 2.98. The number of aromatic amines is 1. The molecule has 1 fully saturated rings. The Hall–Kier alpha value is -4.17. The number of ether oxygens (including phenoxy) is 1. The lowest BCUT2D eigenvalue weighted by Gasteiger charge is -2.31. The molecule has 0 aliphatic carbocycles. The molecule has 0 saturated carbocycles. The van der Waals surface area contributed by atoms with Gasteiger partial charge in [-0.25, -0.2) is 0 Å². The molecule has 0 bridgehead atoms. The predicted octanol–water partition coefficient (Wildman–Crippen LogP) is 5.93. The molecule has 6 rings (SSSR count). The van der Waals surface area contributed by atoms with Gasteiger partial charge in [-0.05, 0) is 49.4 Å². The lowest BCUT2D eigenvalue weighted by molar-refractivity contribution is -0.149. The minimum Gasteiger partial charge on any atom is -0.466 e. The van der Waals surface area contributed by atoms with E-state index in [0.29, 0.717) is 70.2 Å². The highest BCUT2D eigenvalue weighted by molar-refractivity contribution is 6.14. The van der Waals surface area contributed by atoms with Gasteiger partial charge in [0, 0.05) is 36.5 Å². The molecule has 1 unspecified atom stereocenters. The van der Waals surface area contributed by atoms with Crippen molar-refractivity contribution in [3.8, 4) is 0 Å². The molecule has 1 aliphatic heterocycles. The number of benzene rings is 4. The summed E-state index contributed by atoms with van der Waals surface area (Å²) in [5, 5.41) is 4.91. The normalized spacial score (nSPS) is 16.4. The Labute approximate surface area is 243 Å². The van der Waals surface area contributed by atoms with E-state index in [1.165, 1.54) is 0 Å². The highest BCUT2D eigenvalue weighted by atomic mass is 16.5. The van der Waals surface area contributed by atoms with Gasteiger partial charge >= 0.3 is 5.97 Å². The van der Waals surface area contributed by atoms with E-state index in [0.717, 1.165) is 30.5 Å². The molecule has 1 aliphatic rings. The summed E-state index contributed by atoms with van der Waals surface area (Å²) in [7, 11) is 0. The summed E-state index contributed by atoms with van der Waals surface area (Å²) in [6.07, 6.45) is 1.76. The number of hydrogen-bond acceptors (Lipinski definition) is 7. The van der Waals surface area contributed by atoms with Crippen LogP contribution in [-0.2, 0) is 14.9 Å². The molecular formula is C34H37N3O5. The fourth-order valence-electron chi connectivity index (χ4n) is 6.10. The van der Waals surface area contributed by atoms with Gasteiger partial charge in [-0.3, -0.25) is 14.4 Å². The Morgan fingerprint density at radius 1 is 1.05 bits per heavy atom. The van der Waals surface area contributed by atoms with Gasteiger partial charge in [0.1, 0.15) is 0 Å². The maximum absolute atomic E-state index is 13.9. The van der Waals surface area contributed by atoms with Crippen molar-refractivity contribution in [2.45, 2.75) is 46.0 Å². The molecule has 1 atom stereocenters. The first-order chi connectivity index (χ1) is 20.2. The third-order valence-corrected chi connectivity index (χ3v) is 8.36. The molecule has 0 amide bonds. The van der Waals surface area contributed by atoms with Crippen LogP contribution >= 0.6 is 0 Å². The van der Waals surface area contributed by atoms with Crippen LogP contribution in [0, 0.1) is 5.92 Å². The van der Waals surface area contributed by atoms with Gasteiger partial charge in [-0.1, -0.05) is 51.1 Å². The molecule has 2 heterocycles. The fourth-order valence-corrected chi connectivity index (χ4v) is 6.10. The quantitative estimate of drug-likeness (QED) is 0.149. The standard InChI is InChI=1S/C34H37N3O5/c1-5-41-33(40)20-9-8-15-37(19-20)16-14-35-25-18-27-30(36-24-13-12-21(34(2,3)4)17-26(24)42-27)29-28(25)31(38)22-10-6-7-11-23(22)32(29)39/h6-7,10-13,17-18,20,35-36H,5,8-9,14-16,19H2,1-4H3. The number of nitrogens with zero attached hydrogens (tertiary/aromatic N) is 1. The summed E-state index contributed by atoms with van der Waals surface area (Å²) in [5.74, 6) is -0.260. The van der Waals surface area contributed by atoms with E-state index in [1.807, 2.05) is 25.1 Å². The third-order valence-electron chi connectivity index (χ3n) is 8.36. The lowest BCUT2D eigenvalue weighted by atomic mass is 9.87. The van der Waals surface area contributed by atoms with Crippen molar-refractivity contribution in [1.82, 2.24) is 9.88 Å². The van der Waals surface area contributed by atoms with Crippen LogP contribution in [0.1, 0.15) is 46.1 Å². The predicted molar refractivity (Wildman–Crippen MR) is 169 cm³/mol. The monoisotopic (exact) mass is 567 g/mol. The van der Waals surface area contributed by atoms with Crippen LogP contribution in [0.3, 0.4) is 0 Å². The number of carbonyl (C=O) groups is 1.